The average molecular weight is 333 g/mol. The van der Waals surface area contributed by atoms with E-state index in [4.69, 9.17) is 4.52 Å². The molecule has 0 spiro atoms. The lowest BCUT2D eigenvalue weighted by Gasteiger charge is -2.39. The second kappa shape index (κ2) is 7.68. The van der Waals surface area contributed by atoms with E-state index >= 15 is 0 Å². The van der Waals surface area contributed by atoms with Crippen molar-refractivity contribution in [2.75, 3.05) is 19.6 Å². The first-order valence-corrected chi connectivity index (χ1v) is 9.53. The van der Waals surface area contributed by atoms with Crippen molar-refractivity contribution in [2.24, 2.45) is 5.92 Å². The van der Waals surface area contributed by atoms with Gasteiger partial charge in [-0.1, -0.05) is 38.3 Å². The molecule has 0 bridgehead atoms. The molecule has 0 N–H and O–H groups in total. The zero-order chi connectivity index (χ0) is 17.1. The van der Waals surface area contributed by atoms with Crippen LogP contribution in [0.4, 0.5) is 0 Å². The highest BCUT2D eigenvalue weighted by molar-refractivity contribution is 5.82. The van der Waals surface area contributed by atoms with Gasteiger partial charge in [-0.25, -0.2) is 0 Å². The van der Waals surface area contributed by atoms with Gasteiger partial charge in [0.2, 0.25) is 5.91 Å². The minimum absolute atomic E-state index is 0.0827. The Hall–Kier alpha value is -1.36. The molecule has 1 saturated heterocycles. The van der Waals surface area contributed by atoms with E-state index in [-0.39, 0.29) is 11.9 Å². The van der Waals surface area contributed by atoms with Crippen molar-refractivity contribution in [3.05, 3.63) is 17.5 Å². The number of nitrogens with zero attached hydrogens (tertiary/aromatic N) is 3. The largest absolute Gasteiger partial charge is 0.360 e. The summed E-state index contributed by atoms with van der Waals surface area (Å²) < 4.78 is 5.58. The van der Waals surface area contributed by atoms with Gasteiger partial charge in [0.1, 0.15) is 0 Å². The van der Waals surface area contributed by atoms with Crippen LogP contribution in [-0.2, 0) is 11.3 Å². The average Bonchev–Trinajstić information content (AvgIpc) is 3.04. The summed E-state index contributed by atoms with van der Waals surface area (Å²) in [6.07, 6.45) is 6.41. The fourth-order valence-electron chi connectivity index (χ4n) is 4.01. The zero-order valence-corrected chi connectivity index (χ0v) is 15.3. The van der Waals surface area contributed by atoms with Gasteiger partial charge in [-0.3, -0.25) is 9.69 Å². The Balaban J connectivity index is 1.58. The van der Waals surface area contributed by atoms with Crippen LogP contribution < -0.4 is 0 Å². The first-order valence-electron chi connectivity index (χ1n) is 9.53. The van der Waals surface area contributed by atoms with Crippen molar-refractivity contribution in [3.8, 4) is 0 Å². The van der Waals surface area contributed by atoms with Crippen molar-refractivity contribution < 1.29 is 9.32 Å². The predicted molar refractivity (Wildman–Crippen MR) is 93.6 cm³/mol. The molecule has 134 valence electrons. The summed E-state index contributed by atoms with van der Waals surface area (Å²) in [4.78, 5) is 16.8. The van der Waals surface area contributed by atoms with E-state index in [1.54, 1.807) is 0 Å². The van der Waals surface area contributed by atoms with Crippen LogP contribution in [0, 0.1) is 5.92 Å². The van der Waals surface area contributed by atoms with E-state index in [0.717, 1.165) is 31.1 Å². The Labute approximate surface area is 145 Å². The second-order valence-electron chi connectivity index (χ2n) is 7.88. The summed E-state index contributed by atoms with van der Waals surface area (Å²) in [7, 11) is 0. The first kappa shape index (κ1) is 17.5. The fraction of sp³-hybridized carbons (Fsp3) is 0.789. The van der Waals surface area contributed by atoms with Gasteiger partial charge in [-0.15, -0.1) is 0 Å². The number of hydrogen-bond donors (Lipinski definition) is 0. The third kappa shape index (κ3) is 4.00. The highest BCUT2D eigenvalue weighted by Crippen LogP contribution is 2.32. The van der Waals surface area contributed by atoms with Crippen LogP contribution >= 0.6 is 0 Å². The van der Waals surface area contributed by atoms with Gasteiger partial charge in [0.15, 0.2) is 5.76 Å². The monoisotopic (exact) mass is 333 g/mol. The van der Waals surface area contributed by atoms with Gasteiger partial charge in [0.05, 0.1) is 18.3 Å². The normalized spacial score (nSPS) is 24.1. The lowest BCUT2D eigenvalue weighted by atomic mass is 9.87. The van der Waals surface area contributed by atoms with Crippen LogP contribution in [0.3, 0.4) is 0 Å². The molecule has 1 atom stereocenters. The highest BCUT2D eigenvalue weighted by atomic mass is 16.5. The van der Waals surface area contributed by atoms with Crippen LogP contribution in [0.15, 0.2) is 10.6 Å². The van der Waals surface area contributed by atoms with Crippen LogP contribution in [0.1, 0.15) is 70.2 Å². The molecular weight excluding hydrogens is 302 g/mol. The fourth-order valence-corrected chi connectivity index (χ4v) is 4.01. The van der Waals surface area contributed by atoms with E-state index in [9.17, 15) is 4.79 Å². The van der Waals surface area contributed by atoms with Crippen molar-refractivity contribution in [2.45, 2.75) is 71.4 Å². The lowest BCUT2D eigenvalue weighted by Crippen LogP contribution is -2.55. The van der Waals surface area contributed by atoms with Crippen LogP contribution in [0.2, 0.25) is 0 Å². The summed E-state index contributed by atoms with van der Waals surface area (Å²) in [5.74, 6) is 2.22. The molecule has 5 heteroatoms. The van der Waals surface area contributed by atoms with Crippen molar-refractivity contribution in [1.29, 1.82) is 0 Å². The molecule has 1 aliphatic heterocycles. The molecule has 24 heavy (non-hydrogen) atoms. The zero-order valence-electron chi connectivity index (χ0n) is 15.3. The summed E-state index contributed by atoms with van der Waals surface area (Å²) in [6, 6.07) is 2.04. The number of rotatable bonds is 5. The molecule has 0 unspecified atom stereocenters. The number of aromatic nitrogens is 1. The maximum Gasteiger partial charge on any atom is 0.239 e. The van der Waals surface area contributed by atoms with Gasteiger partial charge in [0.25, 0.3) is 0 Å². The molecule has 1 aromatic rings. The summed E-state index contributed by atoms with van der Waals surface area (Å²) >= 11 is 0. The van der Waals surface area contributed by atoms with Gasteiger partial charge in [-0.05, 0) is 25.7 Å². The minimum Gasteiger partial charge on any atom is -0.360 e. The summed E-state index contributed by atoms with van der Waals surface area (Å²) in [5, 5.41) is 4.31. The Morgan fingerprint density at radius 2 is 2.00 bits per heavy atom. The number of carbonyl (C=O) groups is 1. The SMILES string of the molecule is CC(C)CN1CCN(Cc2cc(C3CCCCC3)no2)[C@@H](C)C1=O. The first-order chi connectivity index (χ1) is 11.5. The standard InChI is InChI=1S/C19H31N3O2/c1-14(2)12-22-10-9-21(15(3)19(22)23)13-17-11-18(20-24-17)16-7-5-4-6-8-16/h11,14-16H,4-10,12-13H2,1-3H3/t15-/m0/s1. The van der Waals surface area contributed by atoms with Crippen LogP contribution in [0.25, 0.3) is 0 Å². The minimum atomic E-state index is -0.0827. The summed E-state index contributed by atoms with van der Waals surface area (Å²) in [5.41, 5.74) is 1.11. The van der Waals surface area contributed by atoms with Crippen molar-refractivity contribution in [3.63, 3.8) is 0 Å². The third-order valence-corrected chi connectivity index (χ3v) is 5.42. The smallest absolute Gasteiger partial charge is 0.239 e. The molecule has 1 aromatic heterocycles. The molecule has 1 aliphatic carbocycles. The highest BCUT2D eigenvalue weighted by Gasteiger charge is 2.32. The molecule has 2 heterocycles. The molecule has 1 amide bonds. The number of hydrogen-bond acceptors (Lipinski definition) is 4. The third-order valence-electron chi connectivity index (χ3n) is 5.42. The van der Waals surface area contributed by atoms with Gasteiger partial charge in [0, 0.05) is 31.6 Å². The molecule has 3 rings (SSSR count). The van der Waals surface area contributed by atoms with E-state index in [2.05, 4.69) is 30.0 Å². The maximum absolute atomic E-state index is 12.6. The van der Waals surface area contributed by atoms with E-state index in [1.807, 2.05) is 11.8 Å². The number of carbonyl (C=O) groups excluding carboxylic acids is 1. The van der Waals surface area contributed by atoms with Gasteiger partial charge >= 0.3 is 0 Å². The number of piperazine rings is 1. The Bertz CT molecular complexity index is 549. The Morgan fingerprint density at radius 3 is 2.71 bits per heavy atom. The van der Waals surface area contributed by atoms with E-state index < -0.39 is 0 Å². The van der Waals surface area contributed by atoms with Crippen LogP contribution in [-0.4, -0.2) is 46.5 Å². The van der Waals surface area contributed by atoms with Gasteiger partial charge in [-0.2, -0.15) is 0 Å². The number of amides is 1. The lowest BCUT2D eigenvalue weighted by molar-refractivity contribution is -0.142. The quantitative estimate of drug-likeness (QED) is 0.828. The Kier molecular flexibility index (Phi) is 5.59. The summed E-state index contributed by atoms with van der Waals surface area (Å²) in [6.45, 7) is 9.57. The molecule has 5 nitrogen and oxygen atoms in total. The molecule has 2 aliphatic rings. The van der Waals surface area contributed by atoms with E-state index in [0.29, 0.717) is 18.4 Å². The van der Waals surface area contributed by atoms with E-state index in [1.165, 1.54) is 32.1 Å². The van der Waals surface area contributed by atoms with Gasteiger partial charge < -0.3 is 9.42 Å². The molecule has 1 saturated carbocycles. The second-order valence-corrected chi connectivity index (χ2v) is 7.88. The van der Waals surface area contributed by atoms with Crippen molar-refractivity contribution in [1.82, 2.24) is 15.0 Å². The predicted octanol–water partition coefficient (Wildman–Crippen LogP) is 3.41. The maximum atomic E-state index is 12.6. The topological polar surface area (TPSA) is 49.6 Å². The van der Waals surface area contributed by atoms with Crippen molar-refractivity contribution >= 4 is 5.91 Å². The van der Waals surface area contributed by atoms with Crippen LogP contribution in [0.5, 0.6) is 0 Å². The molecule has 0 radical (unpaired) electrons. The molecule has 0 aromatic carbocycles. The molecular formula is C19H31N3O2. The Morgan fingerprint density at radius 1 is 1.25 bits per heavy atom. The molecule has 2 fully saturated rings.